The van der Waals surface area contributed by atoms with E-state index in [1.54, 1.807) is 24.3 Å². The summed E-state index contributed by atoms with van der Waals surface area (Å²) >= 11 is 6.09. The van der Waals surface area contributed by atoms with Crippen LogP contribution in [0.2, 0.25) is 5.02 Å². The van der Waals surface area contributed by atoms with Crippen LogP contribution in [-0.2, 0) is 0 Å². The van der Waals surface area contributed by atoms with Gasteiger partial charge in [0.2, 0.25) is 0 Å². The highest BCUT2D eigenvalue weighted by molar-refractivity contribution is 6.35. The number of anilines is 1. The number of rotatable bonds is 1. The summed E-state index contributed by atoms with van der Waals surface area (Å²) in [4.78, 5) is 7.97. The number of alkyl halides is 3. The zero-order chi connectivity index (χ0) is 18.0. The standard InChI is InChI=1S/C17H9ClF3N3O/c18-14-3-1-2-10-4-6-12(24-15(10)14)7-5-11-8-13(9-23-16(11)22)25-17(19,20)21/h1-4,6,8-9H,(H2,22,23). The summed E-state index contributed by atoms with van der Waals surface area (Å²) in [6, 6.07) is 9.89. The minimum Gasteiger partial charge on any atom is -0.404 e. The lowest BCUT2D eigenvalue weighted by atomic mass is 10.2. The van der Waals surface area contributed by atoms with Crippen molar-refractivity contribution in [2.24, 2.45) is 0 Å². The highest BCUT2D eigenvalue weighted by atomic mass is 35.5. The van der Waals surface area contributed by atoms with Gasteiger partial charge in [0.05, 0.1) is 22.3 Å². The molecule has 8 heteroatoms. The van der Waals surface area contributed by atoms with Crippen molar-refractivity contribution in [3.05, 3.63) is 58.9 Å². The number of benzene rings is 1. The second-order valence-corrected chi connectivity index (χ2v) is 5.32. The summed E-state index contributed by atoms with van der Waals surface area (Å²) in [5.41, 5.74) is 6.71. The quantitative estimate of drug-likeness (QED) is 0.659. The number of aromatic nitrogens is 2. The van der Waals surface area contributed by atoms with Crippen LogP contribution >= 0.6 is 11.6 Å². The third-order valence-corrected chi connectivity index (χ3v) is 3.43. The Labute approximate surface area is 145 Å². The molecule has 4 nitrogen and oxygen atoms in total. The van der Waals surface area contributed by atoms with E-state index in [1.807, 2.05) is 6.07 Å². The number of nitrogens with two attached hydrogens (primary N) is 1. The zero-order valence-electron chi connectivity index (χ0n) is 12.4. The fourth-order valence-corrected chi connectivity index (χ4v) is 2.28. The minimum absolute atomic E-state index is 0.0131. The van der Waals surface area contributed by atoms with Gasteiger partial charge in [-0.15, -0.1) is 13.2 Å². The highest BCUT2D eigenvalue weighted by Gasteiger charge is 2.31. The monoisotopic (exact) mass is 363 g/mol. The van der Waals surface area contributed by atoms with Crippen LogP contribution in [0.15, 0.2) is 42.6 Å². The molecule has 0 radical (unpaired) electrons. The molecule has 0 bridgehead atoms. The zero-order valence-corrected chi connectivity index (χ0v) is 13.2. The summed E-state index contributed by atoms with van der Waals surface area (Å²) in [5.74, 6) is 4.87. The number of ether oxygens (including phenoxy) is 1. The molecule has 0 spiro atoms. The van der Waals surface area contributed by atoms with Gasteiger partial charge < -0.3 is 10.5 Å². The number of nitrogens with zero attached hydrogens (tertiary/aromatic N) is 2. The van der Waals surface area contributed by atoms with Crippen molar-refractivity contribution in [3.8, 4) is 17.6 Å². The van der Waals surface area contributed by atoms with Crippen molar-refractivity contribution in [1.29, 1.82) is 0 Å². The van der Waals surface area contributed by atoms with E-state index in [1.165, 1.54) is 0 Å². The van der Waals surface area contributed by atoms with E-state index in [4.69, 9.17) is 17.3 Å². The molecule has 3 aromatic rings. The molecule has 2 heterocycles. The van der Waals surface area contributed by atoms with Gasteiger partial charge in [0.25, 0.3) is 0 Å². The fourth-order valence-electron chi connectivity index (χ4n) is 2.06. The first-order valence-electron chi connectivity index (χ1n) is 6.90. The van der Waals surface area contributed by atoms with Crippen LogP contribution in [0.25, 0.3) is 10.9 Å². The number of pyridine rings is 2. The summed E-state index contributed by atoms with van der Waals surface area (Å²) in [5, 5.41) is 1.32. The van der Waals surface area contributed by atoms with Gasteiger partial charge in [-0.1, -0.05) is 29.7 Å². The van der Waals surface area contributed by atoms with E-state index in [0.717, 1.165) is 17.6 Å². The van der Waals surface area contributed by atoms with E-state index in [-0.39, 0.29) is 11.4 Å². The predicted molar refractivity (Wildman–Crippen MR) is 88.1 cm³/mol. The van der Waals surface area contributed by atoms with Gasteiger partial charge >= 0.3 is 6.36 Å². The molecule has 0 saturated heterocycles. The summed E-state index contributed by atoms with van der Waals surface area (Å²) in [6.45, 7) is 0. The number of halogens is 4. The maximum atomic E-state index is 12.3. The van der Waals surface area contributed by atoms with Crippen LogP contribution in [0.4, 0.5) is 19.0 Å². The number of fused-ring (bicyclic) bond motifs is 1. The molecule has 0 unspecified atom stereocenters. The molecule has 3 rings (SSSR count). The largest absolute Gasteiger partial charge is 0.573 e. The van der Waals surface area contributed by atoms with Gasteiger partial charge in [-0.2, -0.15) is 0 Å². The smallest absolute Gasteiger partial charge is 0.404 e. The number of hydrogen-bond donors (Lipinski definition) is 1. The summed E-state index contributed by atoms with van der Waals surface area (Å²) in [7, 11) is 0. The van der Waals surface area contributed by atoms with Gasteiger partial charge in [-0.3, -0.25) is 0 Å². The van der Waals surface area contributed by atoms with E-state index in [9.17, 15) is 13.2 Å². The Bertz CT molecular complexity index is 1010. The molecule has 0 amide bonds. The molecule has 25 heavy (non-hydrogen) atoms. The Kier molecular flexibility index (Phi) is 4.38. The molecule has 0 aliphatic heterocycles. The third-order valence-electron chi connectivity index (χ3n) is 3.12. The molecule has 0 atom stereocenters. The van der Waals surface area contributed by atoms with Crippen LogP contribution < -0.4 is 10.5 Å². The first kappa shape index (κ1) is 16.9. The minimum atomic E-state index is -4.82. The predicted octanol–water partition coefficient (Wildman–Crippen LogP) is 4.16. The average Bonchev–Trinajstić information content (AvgIpc) is 2.54. The lowest BCUT2D eigenvalue weighted by molar-refractivity contribution is -0.274. The number of para-hydroxylation sites is 1. The topological polar surface area (TPSA) is 61.0 Å². The van der Waals surface area contributed by atoms with Crippen LogP contribution in [-0.4, -0.2) is 16.3 Å². The third kappa shape index (κ3) is 4.11. The molecule has 0 aliphatic carbocycles. The van der Waals surface area contributed by atoms with Crippen LogP contribution in [0.5, 0.6) is 5.75 Å². The first-order valence-corrected chi connectivity index (χ1v) is 7.28. The first-order chi connectivity index (χ1) is 11.8. The molecular formula is C17H9ClF3N3O. The van der Waals surface area contributed by atoms with E-state index in [2.05, 4.69) is 26.5 Å². The molecule has 0 fully saturated rings. The Morgan fingerprint density at radius 3 is 2.68 bits per heavy atom. The fraction of sp³-hybridized carbons (Fsp3) is 0.0588. The Hall–Kier alpha value is -2.98. The van der Waals surface area contributed by atoms with Crippen LogP contribution in [0.3, 0.4) is 0 Å². The van der Waals surface area contributed by atoms with E-state index >= 15 is 0 Å². The van der Waals surface area contributed by atoms with Crippen LogP contribution in [0.1, 0.15) is 11.3 Å². The summed E-state index contributed by atoms with van der Waals surface area (Å²) in [6.07, 6.45) is -3.94. The van der Waals surface area contributed by atoms with Crippen molar-refractivity contribution in [2.45, 2.75) is 6.36 Å². The highest BCUT2D eigenvalue weighted by Crippen LogP contribution is 2.24. The lowest BCUT2D eigenvalue weighted by Gasteiger charge is -2.08. The number of hydrogen-bond acceptors (Lipinski definition) is 4. The Morgan fingerprint density at radius 2 is 1.92 bits per heavy atom. The molecule has 1 aromatic carbocycles. The van der Waals surface area contributed by atoms with Gasteiger partial charge in [-0.25, -0.2) is 9.97 Å². The molecule has 2 N–H and O–H groups in total. The Balaban J connectivity index is 1.95. The average molecular weight is 364 g/mol. The molecule has 2 aromatic heterocycles. The molecule has 126 valence electrons. The lowest BCUT2D eigenvalue weighted by Crippen LogP contribution is -2.17. The van der Waals surface area contributed by atoms with Gasteiger partial charge in [0, 0.05) is 11.5 Å². The van der Waals surface area contributed by atoms with Crippen molar-refractivity contribution < 1.29 is 17.9 Å². The van der Waals surface area contributed by atoms with Crippen molar-refractivity contribution in [1.82, 2.24) is 9.97 Å². The van der Waals surface area contributed by atoms with Crippen molar-refractivity contribution in [3.63, 3.8) is 0 Å². The second kappa shape index (κ2) is 6.49. The maximum Gasteiger partial charge on any atom is 0.573 e. The SMILES string of the molecule is Nc1ncc(OC(F)(F)F)cc1C#Cc1ccc2cccc(Cl)c2n1. The molecular weight excluding hydrogens is 355 g/mol. The summed E-state index contributed by atoms with van der Waals surface area (Å²) < 4.78 is 40.6. The van der Waals surface area contributed by atoms with Crippen molar-refractivity contribution in [2.75, 3.05) is 5.73 Å². The second-order valence-electron chi connectivity index (χ2n) is 4.91. The van der Waals surface area contributed by atoms with Gasteiger partial charge in [-0.05, 0) is 24.1 Å². The van der Waals surface area contributed by atoms with Gasteiger partial charge in [0.1, 0.15) is 17.3 Å². The van der Waals surface area contributed by atoms with E-state index < -0.39 is 12.1 Å². The van der Waals surface area contributed by atoms with Crippen molar-refractivity contribution >= 4 is 28.3 Å². The molecule has 0 aliphatic rings. The molecule has 0 saturated carbocycles. The Morgan fingerprint density at radius 1 is 1.12 bits per heavy atom. The number of nitrogen functional groups attached to an aromatic ring is 1. The maximum absolute atomic E-state index is 12.3. The van der Waals surface area contributed by atoms with E-state index in [0.29, 0.717) is 16.2 Å². The van der Waals surface area contributed by atoms with Gasteiger partial charge in [0.15, 0.2) is 0 Å². The van der Waals surface area contributed by atoms with Crippen LogP contribution in [0, 0.1) is 11.8 Å². The normalized spacial score (nSPS) is 11.0.